The highest BCUT2D eigenvalue weighted by molar-refractivity contribution is 5.78. The second kappa shape index (κ2) is 8.30. The Bertz CT molecular complexity index is 702. The molecule has 25 heavy (non-hydrogen) atoms. The van der Waals surface area contributed by atoms with Crippen molar-refractivity contribution in [3.63, 3.8) is 0 Å². The van der Waals surface area contributed by atoms with Crippen molar-refractivity contribution in [3.8, 4) is 11.1 Å². The number of carbonyl (C=O) groups excluding carboxylic acids is 1. The van der Waals surface area contributed by atoms with Gasteiger partial charge in [0, 0.05) is 12.6 Å². The van der Waals surface area contributed by atoms with Crippen LogP contribution in [0.4, 0.5) is 0 Å². The van der Waals surface area contributed by atoms with Gasteiger partial charge >= 0.3 is 0 Å². The molecule has 1 amide bonds. The van der Waals surface area contributed by atoms with E-state index in [1.807, 2.05) is 6.92 Å². The number of hydrogen-bond acceptors (Lipinski definition) is 2. The molecule has 0 aromatic heterocycles. The van der Waals surface area contributed by atoms with E-state index >= 15 is 0 Å². The van der Waals surface area contributed by atoms with Crippen LogP contribution in [-0.4, -0.2) is 30.4 Å². The first-order valence-electron chi connectivity index (χ1n) is 9.37. The Labute approximate surface area is 151 Å². The van der Waals surface area contributed by atoms with E-state index in [4.69, 9.17) is 0 Å². The van der Waals surface area contributed by atoms with E-state index in [2.05, 4.69) is 65.7 Å². The molecule has 1 atom stereocenters. The molecule has 3 rings (SSSR count). The molecule has 0 unspecified atom stereocenters. The van der Waals surface area contributed by atoms with Crippen molar-refractivity contribution in [2.75, 3.05) is 19.6 Å². The summed E-state index contributed by atoms with van der Waals surface area (Å²) in [5.74, 6) is 0.0803. The molecule has 1 heterocycles. The maximum Gasteiger partial charge on any atom is 0.224 e. The molecule has 1 saturated heterocycles. The Kier molecular flexibility index (Phi) is 5.87. The zero-order valence-electron chi connectivity index (χ0n) is 15.3. The summed E-state index contributed by atoms with van der Waals surface area (Å²) in [5.41, 5.74) is 4.88. The van der Waals surface area contributed by atoms with Crippen molar-refractivity contribution in [1.82, 2.24) is 10.2 Å². The van der Waals surface area contributed by atoms with E-state index in [0.717, 1.165) is 5.56 Å². The Morgan fingerprint density at radius 2 is 1.80 bits per heavy atom. The van der Waals surface area contributed by atoms with Crippen LogP contribution < -0.4 is 5.32 Å². The third-order valence-corrected chi connectivity index (χ3v) is 5.08. The predicted molar refractivity (Wildman–Crippen MR) is 103 cm³/mol. The summed E-state index contributed by atoms with van der Waals surface area (Å²) < 4.78 is 0. The monoisotopic (exact) mass is 336 g/mol. The van der Waals surface area contributed by atoms with Crippen LogP contribution in [-0.2, 0) is 11.2 Å². The summed E-state index contributed by atoms with van der Waals surface area (Å²) in [6, 6.07) is 17.7. The van der Waals surface area contributed by atoms with Crippen LogP contribution in [0.2, 0.25) is 0 Å². The van der Waals surface area contributed by atoms with E-state index in [1.54, 1.807) is 0 Å². The van der Waals surface area contributed by atoms with Gasteiger partial charge in [-0.25, -0.2) is 0 Å². The molecule has 2 aromatic carbocycles. The van der Waals surface area contributed by atoms with E-state index in [9.17, 15) is 4.79 Å². The Balaban J connectivity index is 1.73. The first-order chi connectivity index (χ1) is 12.2. The van der Waals surface area contributed by atoms with Crippen LogP contribution >= 0.6 is 0 Å². The predicted octanol–water partition coefficient (Wildman–Crippen LogP) is 4.19. The number of likely N-dealkylation sites (tertiary alicyclic amines) is 1. The van der Waals surface area contributed by atoms with E-state index in [-0.39, 0.29) is 5.91 Å². The van der Waals surface area contributed by atoms with Gasteiger partial charge in [-0.1, -0.05) is 42.5 Å². The summed E-state index contributed by atoms with van der Waals surface area (Å²) in [5, 5.41) is 2.84. The van der Waals surface area contributed by atoms with Crippen LogP contribution in [0, 0.1) is 0 Å². The fourth-order valence-corrected chi connectivity index (χ4v) is 3.58. The van der Waals surface area contributed by atoms with Crippen molar-refractivity contribution < 1.29 is 4.79 Å². The summed E-state index contributed by atoms with van der Waals surface area (Å²) in [7, 11) is 0. The zero-order valence-corrected chi connectivity index (χ0v) is 15.3. The van der Waals surface area contributed by atoms with E-state index in [1.165, 1.54) is 42.6 Å². The van der Waals surface area contributed by atoms with Gasteiger partial charge in [-0.15, -0.1) is 0 Å². The van der Waals surface area contributed by atoms with Crippen molar-refractivity contribution in [2.24, 2.45) is 0 Å². The number of rotatable bonds is 6. The molecule has 0 bridgehead atoms. The number of nitrogens with one attached hydrogen (secondary N) is 1. The SMILES string of the molecule is CCNC(=O)Cc1ccc(-c2cccc([C@@H](C)N3CCCC3)c2)cc1. The molecule has 3 nitrogen and oxygen atoms in total. The minimum atomic E-state index is 0.0803. The third-order valence-electron chi connectivity index (χ3n) is 5.08. The van der Waals surface area contributed by atoms with E-state index in [0.29, 0.717) is 19.0 Å². The molecule has 0 saturated carbocycles. The van der Waals surface area contributed by atoms with Crippen molar-refractivity contribution in [2.45, 2.75) is 39.2 Å². The summed E-state index contributed by atoms with van der Waals surface area (Å²) in [4.78, 5) is 14.3. The average molecular weight is 336 g/mol. The lowest BCUT2D eigenvalue weighted by atomic mass is 9.98. The number of nitrogens with zero attached hydrogens (tertiary/aromatic N) is 1. The molecule has 3 heteroatoms. The van der Waals surface area contributed by atoms with Crippen LogP contribution in [0.5, 0.6) is 0 Å². The van der Waals surface area contributed by atoms with Gasteiger partial charge in [-0.3, -0.25) is 9.69 Å². The van der Waals surface area contributed by atoms with E-state index < -0.39 is 0 Å². The number of likely N-dealkylation sites (N-methyl/N-ethyl adjacent to an activating group) is 1. The number of benzene rings is 2. The molecule has 2 aromatic rings. The molecule has 1 aliphatic rings. The fourth-order valence-electron chi connectivity index (χ4n) is 3.58. The second-order valence-corrected chi connectivity index (χ2v) is 6.87. The smallest absolute Gasteiger partial charge is 0.224 e. The number of amides is 1. The van der Waals surface area contributed by atoms with Gasteiger partial charge in [0.2, 0.25) is 5.91 Å². The third kappa shape index (κ3) is 4.49. The van der Waals surface area contributed by atoms with Crippen LogP contribution in [0.1, 0.15) is 43.9 Å². The lowest BCUT2D eigenvalue weighted by Crippen LogP contribution is -2.24. The minimum absolute atomic E-state index is 0.0803. The standard InChI is InChI=1S/C22H28N2O/c1-3-23-22(25)15-18-9-11-19(12-10-18)21-8-6-7-20(16-21)17(2)24-13-4-5-14-24/h6-12,16-17H,3-5,13-15H2,1-2H3,(H,23,25)/t17-/m1/s1. The lowest BCUT2D eigenvalue weighted by molar-refractivity contribution is -0.120. The van der Waals surface area contributed by atoms with Crippen molar-refractivity contribution in [1.29, 1.82) is 0 Å². The van der Waals surface area contributed by atoms with Gasteiger partial charge in [0.25, 0.3) is 0 Å². The van der Waals surface area contributed by atoms with Gasteiger partial charge in [0.1, 0.15) is 0 Å². The molecule has 132 valence electrons. The normalized spacial score (nSPS) is 15.9. The molecule has 0 spiro atoms. The molecule has 1 fully saturated rings. The maximum atomic E-state index is 11.7. The fraction of sp³-hybridized carbons (Fsp3) is 0.409. The van der Waals surface area contributed by atoms with Gasteiger partial charge in [-0.2, -0.15) is 0 Å². The lowest BCUT2D eigenvalue weighted by Gasteiger charge is -2.24. The van der Waals surface area contributed by atoms with Gasteiger partial charge in [0.15, 0.2) is 0 Å². The van der Waals surface area contributed by atoms with Gasteiger partial charge < -0.3 is 5.32 Å². The summed E-state index contributed by atoms with van der Waals surface area (Å²) >= 11 is 0. The molecule has 1 aliphatic heterocycles. The summed E-state index contributed by atoms with van der Waals surface area (Å²) in [6.45, 7) is 7.34. The highest BCUT2D eigenvalue weighted by atomic mass is 16.1. The van der Waals surface area contributed by atoms with Gasteiger partial charge in [0.05, 0.1) is 6.42 Å². The first kappa shape index (κ1) is 17.7. The van der Waals surface area contributed by atoms with Crippen LogP contribution in [0.15, 0.2) is 48.5 Å². The number of hydrogen-bond donors (Lipinski definition) is 1. The average Bonchev–Trinajstić information content (AvgIpc) is 3.17. The minimum Gasteiger partial charge on any atom is -0.356 e. The Hall–Kier alpha value is -2.13. The zero-order chi connectivity index (χ0) is 17.6. The molecular formula is C22H28N2O. The Morgan fingerprint density at radius 1 is 1.08 bits per heavy atom. The molecule has 0 radical (unpaired) electrons. The second-order valence-electron chi connectivity index (χ2n) is 6.87. The first-order valence-corrected chi connectivity index (χ1v) is 9.37. The largest absolute Gasteiger partial charge is 0.356 e. The summed E-state index contributed by atoms with van der Waals surface area (Å²) in [6.07, 6.45) is 3.08. The molecular weight excluding hydrogens is 308 g/mol. The van der Waals surface area contributed by atoms with Crippen molar-refractivity contribution in [3.05, 3.63) is 59.7 Å². The highest BCUT2D eigenvalue weighted by Gasteiger charge is 2.19. The Morgan fingerprint density at radius 3 is 2.48 bits per heavy atom. The molecule has 1 N–H and O–H groups in total. The van der Waals surface area contributed by atoms with Gasteiger partial charge in [-0.05, 0) is 68.1 Å². The number of carbonyl (C=O) groups is 1. The maximum absolute atomic E-state index is 11.7. The quantitative estimate of drug-likeness (QED) is 0.858. The topological polar surface area (TPSA) is 32.3 Å². The highest BCUT2D eigenvalue weighted by Crippen LogP contribution is 2.28. The van der Waals surface area contributed by atoms with Crippen LogP contribution in [0.25, 0.3) is 11.1 Å². The van der Waals surface area contributed by atoms with Crippen LogP contribution in [0.3, 0.4) is 0 Å². The molecule has 0 aliphatic carbocycles. The van der Waals surface area contributed by atoms with Crippen molar-refractivity contribution >= 4 is 5.91 Å².